The molecule has 0 aliphatic carbocycles. The standard InChI is InChI=1S/3C10H16N2O8.4Fe.Na.H/c3*11-5(1-6(13)14)10(2-7(15)16,3-8(17)18)12-4-9(19)20;;;;;;/h3*5,12H,1-4,11H2,(H,13,14)(H,15,16)(H,17,18)(H,19,20);;;;;;/q;;;4*+3;+1;-1/p-12. The Balaban J connectivity index is -0.000000101. The van der Waals surface area contributed by atoms with Crippen molar-refractivity contribution < 1.29 is 218 Å². The van der Waals surface area contributed by atoms with Gasteiger partial charge in [0.1, 0.15) is 0 Å². The van der Waals surface area contributed by atoms with Crippen LogP contribution in [0.5, 0.6) is 0 Å². The molecular formula is C30H37Fe4N6NaO24. The van der Waals surface area contributed by atoms with Crippen LogP contribution in [0.4, 0.5) is 0 Å². The Hall–Kier alpha value is -3.52. The van der Waals surface area contributed by atoms with Crippen LogP contribution >= 0.6 is 0 Å². The molecule has 0 aliphatic rings. The molecule has 35 heteroatoms. The fourth-order valence-electron chi connectivity index (χ4n) is 5.16. The molecule has 9 N–H and O–H groups in total. The zero-order chi connectivity index (χ0) is 47.8. The van der Waals surface area contributed by atoms with Crippen molar-refractivity contribution in [3.05, 3.63) is 0 Å². The van der Waals surface area contributed by atoms with Gasteiger partial charge in [0.2, 0.25) is 0 Å². The number of carboxylic acids is 12. The average Bonchev–Trinajstić information content (AvgIpc) is 3.03. The molecule has 0 amide bonds. The van der Waals surface area contributed by atoms with E-state index in [0.29, 0.717) is 0 Å². The normalized spacial score (nSPS) is 11.7. The molecule has 0 aromatic rings. The minimum Gasteiger partial charge on any atom is -1.00 e. The fourth-order valence-corrected chi connectivity index (χ4v) is 5.16. The van der Waals surface area contributed by atoms with Crippen LogP contribution in [-0.4, -0.2) is 126 Å². The molecule has 30 nitrogen and oxygen atoms in total. The van der Waals surface area contributed by atoms with Crippen LogP contribution in [0.15, 0.2) is 0 Å². The van der Waals surface area contributed by atoms with Crippen LogP contribution in [0.3, 0.4) is 0 Å². The first-order chi connectivity index (χ1) is 27.3. The first kappa shape index (κ1) is 78.6. The van der Waals surface area contributed by atoms with Gasteiger partial charge in [0.05, 0.1) is 17.9 Å². The van der Waals surface area contributed by atoms with Crippen LogP contribution in [-0.2, 0) is 126 Å². The van der Waals surface area contributed by atoms with Gasteiger partial charge in [-0.2, -0.15) is 0 Å². The maximum absolute atomic E-state index is 10.7. The number of carbonyl (C=O) groups excluding carboxylic acids is 12. The molecule has 0 rings (SSSR count). The van der Waals surface area contributed by atoms with Crippen molar-refractivity contribution in [2.24, 2.45) is 17.2 Å². The van der Waals surface area contributed by atoms with E-state index in [2.05, 4.69) is 16.0 Å². The van der Waals surface area contributed by atoms with Gasteiger partial charge < -0.3 is 153 Å². The summed E-state index contributed by atoms with van der Waals surface area (Å²) in [5.74, 6) is -20.4. The van der Waals surface area contributed by atoms with Crippen molar-refractivity contribution >= 4 is 71.6 Å². The Bertz CT molecular complexity index is 1390. The van der Waals surface area contributed by atoms with Gasteiger partial charge in [0.15, 0.2) is 0 Å². The van der Waals surface area contributed by atoms with Crippen molar-refractivity contribution in [2.45, 2.75) is 92.5 Å². The topological polar surface area (TPSA) is 596 Å². The zero-order valence-corrected chi connectivity index (χ0v) is 39.6. The summed E-state index contributed by atoms with van der Waals surface area (Å²) in [7, 11) is 0. The second-order valence-corrected chi connectivity index (χ2v) is 12.5. The van der Waals surface area contributed by atoms with Gasteiger partial charge in [-0.25, -0.2) is 0 Å². The third-order valence-corrected chi connectivity index (χ3v) is 7.80. The second kappa shape index (κ2) is 38.6. The maximum atomic E-state index is 10.7. The molecule has 0 bridgehead atoms. The SMILES string of the molecule is NC(CC(=O)[O-])C(CC(=O)[O-])(CC(=O)[O-])NCC(=O)[O-].NC(CC(=O)[O-])C(CC(=O)[O-])(CC(=O)[O-])NCC(=O)[O-].NC(CC(=O)[O-])C(CC(=O)[O-])(CC(=O)[O-])NCC(=O)[O-].[Fe+3].[Fe+3].[Fe+3].[Fe+3].[H-].[Na+]. The van der Waals surface area contributed by atoms with E-state index in [1.165, 1.54) is 0 Å². The Morgan fingerprint density at radius 1 is 0.323 bits per heavy atom. The molecule has 0 fully saturated rings. The molecule has 4 radical (unpaired) electrons. The van der Waals surface area contributed by atoms with Crippen LogP contribution in [0.25, 0.3) is 0 Å². The summed E-state index contributed by atoms with van der Waals surface area (Å²) in [6, 6.07) is -4.66. The van der Waals surface area contributed by atoms with E-state index >= 15 is 0 Å². The van der Waals surface area contributed by atoms with Gasteiger partial charge in [-0.1, -0.05) is 0 Å². The second-order valence-electron chi connectivity index (χ2n) is 12.5. The van der Waals surface area contributed by atoms with Gasteiger partial charge in [-0.05, 0) is 0 Å². The first-order valence-corrected chi connectivity index (χ1v) is 16.2. The van der Waals surface area contributed by atoms with Crippen LogP contribution < -0.4 is 124 Å². The zero-order valence-electron chi connectivity index (χ0n) is 34.2. The summed E-state index contributed by atoms with van der Waals surface area (Å²) in [6.45, 7) is -2.79. The molecule has 364 valence electrons. The average molecular weight is 1110 g/mol. The molecule has 0 saturated heterocycles. The minimum absolute atomic E-state index is 0. The number of aliphatic carboxylic acids is 12. The van der Waals surface area contributed by atoms with Gasteiger partial charge in [0.25, 0.3) is 0 Å². The van der Waals surface area contributed by atoms with Crippen LogP contribution in [0.2, 0.25) is 0 Å². The van der Waals surface area contributed by atoms with E-state index in [1.54, 1.807) is 0 Å². The number of nitrogens with one attached hydrogen (secondary N) is 3. The van der Waals surface area contributed by atoms with E-state index in [-0.39, 0.29) is 99.3 Å². The molecule has 3 atom stereocenters. The number of nitrogens with two attached hydrogens (primary N) is 3. The summed E-state index contributed by atoms with van der Waals surface area (Å²) >= 11 is 0. The van der Waals surface area contributed by atoms with Gasteiger partial charge in [-0.15, -0.1) is 0 Å². The summed E-state index contributed by atoms with van der Waals surface area (Å²) in [6.07, 6.45) is -8.82. The van der Waals surface area contributed by atoms with Crippen LogP contribution in [0.1, 0.15) is 59.2 Å². The number of hydrogen-bond acceptors (Lipinski definition) is 30. The third kappa shape index (κ3) is 37.3. The molecule has 0 aromatic carbocycles. The maximum Gasteiger partial charge on any atom is 3.00 e. The molecular weight excluding hydrogens is 1070 g/mol. The van der Waals surface area contributed by atoms with Gasteiger partial charge in [0, 0.05) is 166 Å². The number of hydrogen-bond donors (Lipinski definition) is 6. The number of carboxylic acid groups (broad SMARTS) is 12. The predicted octanol–water partition coefficient (Wildman–Crippen LogP) is -24.5. The molecule has 0 saturated carbocycles. The van der Waals surface area contributed by atoms with Crippen LogP contribution in [0, 0.1) is 0 Å². The van der Waals surface area contributed by atoms with Crippen molar-refractivity contribution in [2.75, 3.05) is 19.6 Å². The summed E-state index contributed by atoms with van der Waals surface area (Å²) in [5.41, 5.74) is 10.2. The molecule has 0 spiro atoms. The predicted molar refractivity (Wildman–Crippen MR) is 159 cm³/mol. The van der Waals surface area contributed by atoms with E-state index in [4.69, 9.17) is 17.2 Å². The molecule has 65 heavy (non-hydrogen) atoms. The van der Waals surface area contributed by atoms with E-state index in [1.807, 2.05) is 0 Å². The number of carbonyl (C=O) groups is 12. The Labute approximate surface area is 432 Å². The number of rotatable bonds is 30. The molecule has 0 aromatic heterocycles. The third-order valence-electron chi connectivity index (χ3n) is 7.80. The van der Waals surface area contributed by atoms with E-state index in [9.17, 15) is 119 Å². The Morgan fingerprint density at radius 3 is 0.554 bits per heavy atom. The Morgan fingerprint density at radius 2 is 0.462 bits per heavy atom. The van der Waals surface area contributed by atoms with E-state index in [0.717, 1.165) is 0 Å². The fraction of sp³-hybridized carbons (Fsp3) is 0.600. The van der Waals surface area contributed by atoms with Crippen molar-refractivity contribution in [1.82, 2.24) is 16.0 Å². The van der Waals surface area contributed by atoms with Crippen molar-refractivity contribution in [1.29, 1.82) is 0 Å². The molecule has 3 unspecified atom stereocenters. The van der Waals surface area contributed by atoms with Gasteiger partial charge in [-0.3, -0.25) is 0 Å². The van der Waals surface area contributed by atoms with Gasteiger partial charge >= 0.3 is 97.8 Å². The Kier molecular flexibility index (Phi) is 46.7. The summed E-state index contributed by atoms with van der Waals surface area (Å²) in [4.78, 5) is 127. The van der Waals surface area contributed by atoms with Crippen molar-refractivity contribution in [3.63, 3.8) is 0 Å². The van der Waals surface area contributed by atoms with E-state index < -0.39 is 184 Å². The monoisotopic (exact) mass is 1110 g/mol. The van der Waals surface area contributed by atoms with Crippen molar-refractivity contribution in [3.8, 4) is 0 Å². The summed E-state index contributed by atoms with van der Waals surface area (Å²) in [5, 5.41) is 133. The largest absolute Gasteiger partial charge is 3.00 e. The molecule has 0 aliphatic heterocycles. The minimum atomic E-state index is -2.07. The first-order valence-electron chi connectivity index (χ1n) is 16.2. The summed E-state index contributed by atoms with van der Waals surface area (Å²) < 4.78 is 0. The quantitative estimate of drug-likeness (QED) is 0.0364. The molecule has 0 heterocycles. The smallest absolute Gasteiger partial charge is 1.00 e.